The molecular weight excluding hydrogens is 233 g/mol. The van der Waals surface area contributed by atoms with E-state index in [-0.39, 0.29) is 11.7 Å². The molecule has 1 atom stereocenters. The number of hydrogen-bond donors (Lipinski definition) is 2. The molecule has 1 saturated carbocycles. The molecule has 0 spiro atoms. The van der Waals surface area contributed by atoms with E-state index in [0.29, 0.717) is 30.9 Å². The van der Waals surface area contributed by atoms with Gasteiger partial charge in [0, 0.05) is 12.5 Å². The molecule has 1 fully saturated rings. The fourth-order valence-corrected chi connectivity index (χ4v) is 1.84. The summed E-state index contributed by atoms with van der Waals surface area (Å²) in [6, 6.07) is 6.20. The Morgan fingerprint density at radius 2 is 2.06 bits per heavy atom. The maximum Gasteiger partial charge on any atom is 0.220 e. The highest BCUT2D eigenvalue weighted by molar-refractivity contribution is 5.76. The molecule has 1 aromatic rings. The summed E-state index contributed by atoms with van der Waals surface area (Å²) in [5.74, 6) is -0.251. The lowest BCUT2D eigenvalue weighted by Crippen LogP contribution is -2.24. The van der Waals surface area contributed by atoms with Crippen molar-refractivity contribution in [2.24, 2.45) is 0 Å². The molecule has 0 aromatic heterocycles. The van der Waals surface area contributed by atoms with Gasteiger partial charge in [0.05, 0.1) is 6.10 Å². The molecular formula is C14H18FNO2. The molecule has 0 heterocycles. The van der Waals surface area contributed by atoms with Gasteiger partial charge in [0.15, 0.2) is 0 Å². The van der Waals surface area contributed by atoms with Gasteiger partial charge in [-0.25, -0.2) is 4.39 Å². The zero-order valence-corrected chi connectivity index (χ0v) is 10.2. The monoisotopic (exact) mass is 251 g/mol. The van der Waals surface area contributed by atoms with Crippen LogP contribution in [0.5, 0.6) is 0 Å². The third kappa shape index (κ3) is 4.11. The Bertz CT molecular complexity index is 401. The normalized spacial score (nSPS) is 16.3. The Hall–Kier alpha value is -1.42. The topological polar surface area (TPSA) is 49.3 Å². The summed E-state index contributed by atoms with van der Waals surface area (Å²) in [6.07, 6.45) is 3.14. The first kappa shape index (κ1) is 13.0. The molecule has 2 rings (SSSR count). The highest BCUT2D eigenvalue weighted by Crippen LogP contribution is 2.21. The van der Waals surface area contributed by atoms with Crippen molar-refractivity contribution >= 4 is 5.91 Å². The van der Waals surface area contributed by atoms with Gasteiger partial charge in [0.25, 0.3) is 0 Å². The molecule has 98 valence electrons. The fraction of sp³-hybridized carbons (Fsp3) is 0.500. The summed E-state index contributed by atoms with van der Waals surface area (Å²) < 4.78 is 12.7. The first-order valence-corrected chi connectivity index (χ1v) is 6.38. The molecule has 0 bridgehead atoms. The lowest BCUT2D eigenvalue weighted by atomic mass is 10.0. The standard InChI is InChI=1S/C14H18FNO2/c15-11-6-4-10(5-7-11)13(17)2-1-3-14(18)16-12-8-9-12/h4-7,12-13,17H,1-3,8-9H2,(H,16,18). The van der Waals surface area contributed by atoms with Crippen LogP contribution in [0.2, 0.25) is 0 Å². The summed E-state index contributed by atoms with van der Waals surface area (Å²) in [6.45, 7) is 0. The van der Waals surface area contributed by atoms with Gasteiger partial charge in [-0.15, -0.1) is 0 Å². The number of nitrogens with one attached hydrogen (secondary N) is 1. The summed E-state index contributed by atoms with van der Waals surface area (Å²) in [4.78, 5) is 11.4. The third-order valence-electron chi connectivity index (χ3n) is 3.08. The van der Waals surface area contributed by atoms with Crippen LogP contribution in [0, 0.1) is 5.82 Å². The minimum Gasteiger partial charge on any atom is -0.388 e. The number of aliphatic hydroxyl groups excluding tert-OH is 1. The molecule has 1 aromatic carbocycles. The molecule has 0 saturated heterocycles. The minimum atomic E-state index is -0.626. The molecule has 3 nitrogen and oxygen atoms in total. The molecule has 1 amide bonds. The Morgan fingerprint density at radius 1 is 1.39 bits per heavy atom. The van der Waals surface area contributed by atoms with Gasteiger partial charge in [-0.05, 0) is 43.4 Å². The number of hydrogen-bond acceptors (Lipinski definition) is 2. The van der Waals surface area contributed by atoms with Crippen LogP contribution in [0.4, 0.5) is 4.39 Å². The van der Waals surface area contributed by atoms with E-state index in [1.165, 1.54) is 12.1 Å². The summed E-state index contributed by atoms with van der Waals surface area (Å²) in [7, 11) is 0. The Balaban J connectivity index is 1.68. The molecule has 1 unspecified atom stereocenters. The molecule has 0 radical (unpaired) electrons. The van der Waals surface area contributed by atoms with E-state index in [4.69, 9.17) is 0 Å². The highest BCUT2D eigenvalue weighted by atomic mass is 19.1. The second-order valence-electron chi connectivity index (χ2n) is 4.80. The first-order chi connectivity index (χ1) is 8.65. The van der Waals surface area contributed by atoms with Gasteiger partial charge in [-0.3, -0.25) is 4.79 Å². The van der Waals surface area contributed by atoms with Crippen LogP contribution in [0.3, 0.4) is 0 Å². The van der Waals surface area contributed by atoms with Crippen LogP contribution in [-0.2, 0) is 4.79 Å². The molecule has 4 heteroatoms. The number of carbonyl (C=O) groups is 1. The molecule has 18 heavy (non-hydrogen) atoms. The Morgan fingerprint density at radius 3 is 2.67 bits per heavy atom. The predicted octanol–water partition coefficient (Wildman–Crippen LogP) is 2.31. The SMILES string of the molecule is O=C(CCCC(O)c1ccc(F)cc1)NC1CC1. The van der Waals surface area contributed by atoms with Gasteiger partial charge in [-0.1, -0.05) is 12.1 Å². The zero-order valence-electron chi connectivity index (χ0n) is 10.2. The maximum absolute atomic E-state index is 12.7. The van der Waals surface area contributed by atoms with E-state index in [1.807, 2.05) is 0 Å². The van der Waals surface area contributed by atoms with Gasteiger partial charge in [-0.2, -0.15) is 0 Å². The minimum absolute atomic E-state index is 0.0591. The Kier molecular flexibility index (Phi) is 4.31. The van der Waals surface area contributed by atoms with E-state index >= 15 is 0 Å². The number of benzene rings is 1. The molecule has 1 aliphatic carbocycles. The van der Waals surface area contributed by atoms with Crippen LogP contribution in [-0.4, -0.2) is 17.1 Å². The number of amides is 1. The van der Waals surface area contributed by atoms with Gasteiger partial charge in [0.1, 0.15) is 5.82 Å². The van der Waals surface area contributed by atoms with E-state index in [1.54, 1.807) is 12.1 Å². The third-order valence-corrected chi connectivity index (χ3v) is 3.08. The van der Waals surface area contributed by atoms with Crippen LogP contribution in [0.15, 0.2) is 24.3 Å². The number of carbonyl (C=O) groups excluding carboxylic acids is 1. The van der Waals surface area contributed by atoms with Crippen molar-refractivity contribution in [2.75, 3.05) is 0 Å². The fourth-order valence-electron chi connectivity index (χ4n) is 1.84. The van der Waals surface area contributed by atoms with Crippen molar-refractivity contribution in [3.8, 4) is 0 Å². The van der Waals surface area contributed by atoms with Crippen LogP contribution < -0.4 is 5.32 Å². The summed E-state index contributed by atoms with van der Waals surface area (Å²) in [5, 5.41) is 12.8. The molecule has 0 aliphatic heterocycles. The number of rotatable bonds is 6. The zero-order chi connectivity index (χ0) is 13.0. The largest absolute Gasteiger partial charge is 0.388 e. The lowest BCUT2D eigenvalue weighted by Gasteiger charge is -2.10. The second kappa shape index (κ2) is 5.96. The van der Waals surface area contributed by atoms with Crippen LogP contribution in [0.25, 0.3) is 0 Å². The van der Waals surface area contributed by atoms with E-state index in [9.17, 15) is 14.3 Å². The Labute approximate surface area is 106 Å². The molecule has 2 N–H and O–H groups in total. The second-order valence-corrected chi connectivity index (χ2v) is 4.80. The van der Waals surface area contributed by atoms with Crippen LogP contribution >= 0.6 is 0 Å². The maximum atomic E-state index is 12.7. The van der Waals surface area contributed by atoms with Crippen LogP contribution in [0.1, 0.15) is 43.8 Å². The quantitative estimate of drug-likeness (QED) is 0.815. The average Bonchev–Trinajstić information content (AvgIpc) is 3.13. The van der Waals surface area contributed by atoms with E-state index in [0.717, 1.165) is 12.8 Å². The highest BCUT2D eigenvalue weighted by Gasteiger charge is 2.22. The summed E-state index contributed by atoms with van der Waals surface area (Å²) >= 11 is 0. The van der Waals surface area contributed by atoms with Crippen molar-refractivity contribution in [1.29, 1.82) is 0 Å². The van der Waals surface area contributed by atoms with Crippen molar-refractivity contribution in [3.05, 3.63) is 35.6 Å². The van der Waals surface area contributed by atoms with Crippen molar-refractivity contribution in [1.82, 2.24) is 5.32 Å². The first-order valence-electron chi connectivity index (χ1n) is 6.38. The van der Waals surface area contributed by atoms with E-state index in [2.05, 4.69) is 5.32 Å². The van der Waals surface area contributed by atoms with Crippen molar-refractivity contribution < 1.29 is 14.3 Å². The van der Waals surface area contributed by atoms with Crippen molar-refractivity contribution in [2.45, 2.75) is 44.2 Å². The molecule has 1 aliphatic rings. The van der Waals surface area contributed by atoms with Gasteiger partial charge < -0.3 is 10.4 Å². The average molecular weight is 251 g/mol. The van der Waals surface area contributed by atoms with Gasteiger partial charge in [0.2, 0.25) is 5.91 Å². The lowest BCUT2D eigenvalue weighted by molar-refractivity contribution is -0.121. The predicted molar refractivity (Wildman–Crippen MR) is 66.4 cm³/mol. The summed E-state index contributed by atoms with van der Waals surface area (Å²) in [5.41, 5.74) is 0.694. The smallest absolute Gasteiger partial charge is 0.220 e. The van der Waals surface area contributed by atoms with Crippen molar-refractivity contribution in [3.63, 3.8) is 0 Å². The van der Waals surface area contributed by atoms with E-state index < -0.39 is 6.10 Å². The number of halogens is 1. The number of aliphatic hydroxyl groups is 1. The van der Waals surface area contributed by atoms with Gasteiger partial charge >= 0.3 is 0 Å².